The quantitative estimate of drug-likeness (QED) is 0.643. The number of rotatable bonds is 6. The maximum Gasteiger partial charge on any atom is 0.270 e. The van der Waals surface area contributed by atoms with Crippen LogP contribution >= 0.6 is 0 Å². The van der Waals surface area contributed by atoms with Gasteiger partial charge in [-0.05, 0) is 19.9 Å². The van der Waals surface area contributed by atoms with Gasteiger partial charge in [0.1, 0.15) is 18.7 Å². The molecule has 0 bridgehead atoms. The molecule has 21 heavy (non-hydrogen) atoms. The molecule has 2 aromatic rings. The SMILES string of the molecule is CCn1ncnc1COc1ccc([N+](=O)[O-])cc1[C@H](C)O. The monoisotopic (exact) mass is 292 g/mol. The molecule has 0 saturated heterocycles. The number of benzene rings is 1. The Balaban J connectivity index is 2.21. The minimum Gasteiger partial charge on any atom is -0.485 e. The van der Waals surface area contributed by atoms with Crippen LogP contribution in [0.1, 0.15) is 31.3 Å². The van der Waals surface area contributed by atoms with Crippen LogP contribution in [-0.4, -0.2) is 24.8 Å². The second-order valence-corrected chi connectivity index (χ2v) is 4.44. The molecule has 1 N–H and O–H groups in total. The van der Waals surface area contributed by atoms with Gasteiger partial charge in [0.15, 0.2) is 5.82 Å². The maximum absolute atomic E-state index is 10.8. The fraction of sp³-hybridized carbons (Fsp3) is 0.385. The fourth-order valence-corrected chi connectivity index (χ4v) is 1.91. The maximum atomic E-state index is 10.8. The van der Waals surface area contributed by atoms with E-state index in [0.717, 1.165) is 0 Å². The highest BCUT2D eigenvalue weighted by molar-refractivity contribution is 5.44. The number of nitro benzene ring substituents is 1. The van der Waals surface area contributed by atoms with Crippen molar-refractivity contribution >= 4 is 5.69 Å². The van der Waals surface area contributed by atoms with Crippen LogP contribution in [0, 0.1) is 10.1 Å². The Bertz CT molecular complexity index is 639. The Morgan fingerprint density at radius 2 is 2.29 bits per heavy atom. The number of ether oxygens (including phenoxy) is 1. The molecule has 2 rings (SSSR count). The second kappa shape index (κ2) is 6.31. The first kappa shape index (κ1) is 14.9. The van der Waals surface area contributed by atoms with Crippen LogP contribution in [0.4, 0.5) is 5.69 Å². The predicted octanol–water partition coefficient (Wildman–Crippen LogP) is 1.84. The Hall–Kier alpha value is -2.48. The van der Waals surface area contributed by atoms with Gasteiger partial charge in [0.05, 0.1) is 11.0 Å². The van der Waals surface area contributed by atoms with Crippen molar-refractivity contribution in [1.82, 2.24) is 14.8 Å². The first-order valence-corrected chi connectivity index (χ1v) is 6.48. The number of aliphatic hydroxyl groups is 1. The number of nitro groups is 1. The van der Waals surface area contributed by atoms with E-state index < -0.39 is 11.0 Å². The Kier molecular flexibility index (Phi) is 4.49. The van der Waals surface area contributed by atoms with Gasteiger partial charge in [0, 0.05) is 24.2 Å². The van der Waals surface area contributed by atoms with Crippen molar-refractivity contribution in [3.05, 3.63) is 46.0 Å². The van der Waals surface area contributed by atoms with E-state index in [1.54, 1.807) is 4.68 Å². The zero-order chi connectivity index (χ0) is 15.4. The van der Waals surface area contributed by atoms with Crippen molar-refractivity contribution in [2.75, 3.05) is 0 Å². The normalized spacial score (nSPS) is 12.1. The molecule has 0 aliphatic heterocycles. The lowest BCUT2D eigenvalue weighted by Crippen LogP contribution is -2.08. The summed E-state index contributed by atoms with van der Waals surface area (Å²) in [6, 6.07) is 4.13. The van der Waals surface area contributed by atoms with Gasteiger partial charge in [-0.3, -0.25) is 10.1 Å². The topological polar surface area (TPSA) is 103 Å². The molecule has 0 unspecified atom stereocenters. The van der Waals surface area contributed by atoms with Gasteiger partial charge in [0.2, 0.25) is 0 Å². The van der Waals surface area contributed by atoms with Crippen LogP contribution in [0.3, 0.4) is 0 Å². The van der Waals surface area contributed by atoms with Gasteiger partial charge >= 0.3 is 0 Å². The Labute approximate surface area is 121 Å². The largest absolute Gasteiger partial charge is 0.485 e. The van der Waals surface area contributed by atoms with Crippen molar-refractivity contribution in [2.45, 2.75) is 33.1 Å². The average molecular weight is 292 g/mol. The van der Waals surface area contributed by atoms with Gasteiger partial charge in [-0.15, -0.1) is 0 Å². The fourth-order valence-electron chi connectivity index (χ4n) is 1.91. The number of hydrogen-bond donors (Lipinski definition) is 1. The van der Waals surface area contributed by atoms with Gasteiger partial charge in [-0.25, -0.2) is 9.67 Å². The third-order valence-corrected chi connectivity index (χ3v) is 3.01. The lowest BCUT2D eigenvalue weighted by atomic mass is 10.1. The highest BCUT2D eigenvalue weighted by Crippen LogP contribution is 2.29. The molecule has 1 aromatic carbocycles. The number of hydrogen-bond acceptors (Lipinski definition) is 6. The van der Waals surface area contributed by atoms with Crippen LogP contribution in [0.15, 0.2) is 24.5 Å². The molecule has 112 valence electrons. The molecule has 1 aromatic heterocycles. The van der Waals surface area contributed by atoms with Crippen LogP contribution in [0.25, 0.3) is 0 Å². The van der Waals surface area contributed by atoms with E-state index in [9.17, 15) is 15.2 Å². The van der Waals surface area contributed by atoms with Crippen molar-refractivity contribution < 1.29 is 14.8 Å². The van der Waals surface area contributed by atoms with Crippen molar-refractivity contribution in [3.63, 3.8) is 0 Å². The molecule has 0 saturated carbocycles. The molecule has 0 fully saturated rings. The van der Waals surface area contributed by atoms with E-state index in [-0.39, 0.29) is 12.3 Å². The molecule has 0 aliphatic carbocycles. The Morgan fingerprint density at radius 3 is 2.90 bits per heavy atom. The van der Waals surface area contributed by atoms with Crippen LogP contribution < -0.4 is 4.74 Å². The second-order valence-electron chi connectivity index (χ2n) is 4.44. The van der Waals surface area contributed by atoms with Gasteiger partial charge in [-0.2, -0.15) is 5.10 Å². The van der Waals surface area contributed by atoms with E-state index in [0.29, 0.717) is 23.7 Å². The van der Waals surface area contributed by atoms with Gasteiger partial charge < -0.3 is 9.84 Å². The molecule has 1 heterocycles. The van der Waals surface area contributed by atoms with E-state index in [4.69, 9.17) is 4.74 Å². The highest BCUT2D eigenvalue weighted by atomic mass is 16.6. The zero-order valence-electron chi connectivity index (χ0n) is 11.8. The van der Waals surface area contributed by atoms with Crippen LogP contribution in [0.2, 0.25) is 0 Å². The summed E-state index contributed by atoms with van der Waals surface area (Å²) in [7, 11) is 0. The van der Waals surface area contributed by atoms with Crippen molar-refractivity contribution in [1.29, 1.82) is 0 Å². The number of aliphatic hydroxyl groups excluding tert-OH is 1. The standard InChI is InChI=1S/C13H16N4O4/c1-3-16-13(14-8-15-16)7-21-12-5-4-10(17(19)20)6-11(12)9(2)18/h4-6,8-9,18H,3,7H2,1-2H3/t9-/m0/s1. The smallest absolute Gasteiger partial charge is 0.270 e. The molecular formula is C13H16N4O4. The first-order valence-electron chi connectivity index (χ1n) is 6.48. The minimum absolute atomic E-state index is 0.0880. The lowest BCUT2D eigenvalue weighted by molar-refractivity contribution is -0.385. The minimum atomic E-state index is -0.871. The number of aromatic nitrogens is 3. The predicted molar refractivity (Wildman–Crippen MR) is 73.8 cm³/mol. The summed E-state index contributed by atoms with van der Waals surface area (Å²) in [5.74, 6) is 1.04. The number of nitrogens with zero attached hydrogens (tertiary/aromatic N) is 4. The summed E-state index contributed by atoms with van der Waals surface area (Å²) in [5, 5.41) is 24.5. The molecule has 0 spiro atoms. The number of aryl methyl sites for hydroxylation is 1. The number of non-ortho nitro benzene ring substituents is 1. The van der Waals surface area contributed by atoms with E-state index >= 15 is 0 Å². The third-order valence-electron chi connectivity index (χ3n) is 3.01. The Morgan fingerprint density at radius 1 is 1.52 bits per heavy atom. The van der Waals surface area contributed by atoms with Gasteiger partial charge in [0.25, 0.3) is 5.69 Å². The summed E-state index contributed by atoms with van der Waals surface area (Å²) in [5.41, 5.74) is 0.279. The third kappa shape index (κ3) is 3.34. The van der Waals surface area contributed by atoms with Crippen molar-refractivity contribution in [3.8, 4) is 5.75 Å². The van der Waals surface area contributed by atoms with E-state index in [1.165, 1.54) is 31.5 Å². The molecule has 8 nitrogen and oxygen atoms in total. The summed E-state index contributed by atoms with van der Waals surface area (Å²) in [6.45, 7) is 4.30. The molecule has 0 amide bonds. The summed E-state index contributed by atoms with van der Waals surface area (Å²) in [6.07, 6.45) is 0.567. The molecule has 0 radical (unpaired) electrons. The molecule has 1 atom stereocenters. The highest BCUT2D eigenvalue weighted by Gasteiger charge is 2.16. The lowest BCUT2D eigenvalue weighted by Gasteiger charge is -2.13. The van der Waals surface area contributed by atoms with Crippen molar-refractivity contribution in [2.24, 2.45) is 0 Å². The first-order chi connectivity index (χ1) is 10.0. The zero-order valence-corrected chi connectivity index (χ0v) is 11.8. The molecule has 8 heteroatoms. The van der Waals surface area contributed by atoms with E-state index in [1.807, 2.05) is 6.92 Å². The van der Waals surface area contributed by atoms with Crippen LogP contribution in [-0.2, 0) is 13.2 Å². The van der Waals surface area contributed by atoms with Crippen LogP contribution in [0.5, 0.6) is 5.75 Å². The summed E-state index contributed by atoms with van der Waals surface area (Å²) < 4.78 is 7.30. The van der Waals surface area contributed by atoms with Gasteiger partial charge in [-0.1, -0.05) is 0 Å². The van der Waals surface area contributed by atoms with E-state index in [2.05, 4.69) is 10.1 Å². The average Bonchev–Trinajstić information content (AvgIpc) is 2.92. The summed E-state index contributed by atoms with van der Waals surface area (Å²) >= 11 is 0. The molecule has 0 aliphatic rings. The summed E-state index contributed by atoms with van der Waals surface area (Å²) in [4.78, 5) is 14.3. The molecular weight excluding hydrogens is 276 g/mol.